The smallest absolute Gasteiger partial charge is 0.266 e. The van der Waals surface area contributed by atoms with Crippen LogP contribution in [-0.2, 0) is 11.2 Å². The molecule has 0 aliphatic carbocycles. The molecule has 182 valence electrons. The molecular weight excluding hydrogens is 456 g/mol. The molecule has 1 saturated heterocycles. The van der Waals surface area contributed by atoms with E-state index in [2.05, 4.69) is 20.5 Å². The predicted molar refractivity (Wildman–Crippen MR) is 128 cm³/mol. The zero-order valence-corrected chi connectivity index (χ0v) is 19.1. The Bertz CT molecular complexity index is 1310. The monoisotopic (exact) mass is 481 g/mol. The maximum atomic E-state index is 13.3. The summed E-state index contributed by atoms with van der Waals surface area (Å²) in [5, 5.41) is 20.9. The molecule has 0 amide bonds. The molecular formula is C24H25F2N7O2. The lowest BCUT2D eigenvalue weighted by atomic mass is 10.1. The number of nitrogens with zero attached hydrogens (tertiary/aromatic N) is 6. The van der Waals surface area contributed by atoms with E-state index in [1.165, 1.54) is 0 Å². The summed E-state index contributed by atoms with van der Waals surface area (Å²) < 4.78 is 33.6. The first-order chi connectivity index (χ1) is 17.0. The van der Waals surface area contributed by atoms with Gasteiger partial charge in [0.1, 0.15) is 24.1 Å². The Balaban J connectivity index is 1.46. The molecule has 0 spiro atoms. The van der Waals surface area contributed by atoms with Crippen LogP contribution >= 0.6 is 0 Å². The predicted octanol–water partition coefficient (Wildman–Crippen LogP) is 3.27. The maximum Gasteiger partial charge on any atom is 0.266 e. The van der Waals surface area contributed by atoms with Crippen molar-refractivity contribution in [2.24, 2.45) is 0 Å². The molecule has 1 aliphatic heterocycles. The minimum Gasteiger partial charge on any atom is -0.396 e. The van der Waals surface area contributed by atoms with Gasteiger partial charge in [-0.3, -0.25) is 4.57 Å². The molecule has 1 atom stereocenters. The molecule has 9 nitrogen and oxygen atoms in total. The fourth-order valence-corrected chi connectivity index (χ4v) is 4.10. The number of fused-ring (bicyclic) bond motifs is 1. The van der Waals surface area contributed by atoms with Gasteiger partial charge in [0.2, 0.25) is 0 Å². The zero-order chi connectivity index (χ0) is 24.4. The van der Waals surface area contributed by atoms with Gasteiger partial charge in [-0.15, -0.1) is 5.10 Å². The summed E-state index contributed by atoms with van der Waals surface area (Å²) in [4.78, 5) is 11.1. The first kappa shape index (κ1) is 23.1. The summed E-state index contributed by atoms with van der Waals surface area (Å²) in [5.41, 5.74) is 4.04. The molecule has 4 heterocycles. The zero-order valence-electron chi connectivity index (χ0n) is 19.1. The van der Waals surface area contributed by atoms with Gasteiger partial charge in [-0.2, -0.15) is 5.10 Å². The second-order valence-electron chi connectivity index (χ2n) is 8.32. The lowest BCUT2D eigenvalue weighted by molar-refractivity contribution is -0.0616. The summed E-state index contributed by atoms with van der Waals surface area (Å²) in [6.45, 7) is 2.48. The standard InChI is InChI=1S/C24H25F2N7O2/c1-15-2-6-21(31-30-15)28-17-4-5-19-18(12-17)27-14-33(19)22-7-3-16(8-10-34)24(29-22)32-9-11-35-20(13-32)23(25)26/h2-7,12,14,20,23,34H,8-11,13H2,1H3,(H,28,31)/t20-/m0/s1. The number of imidazole rings is 1. The number of benzene rings is 1. The minimum atomic E-state index is -2.58. The fraction of sp³-hybridized carbons (Fsp3) is 0.333. The Morgan fingerprint density at radius 2 is 2.06 bits per heavy atom. The van der Waals surface area contributed by atoms with E-state index in [4.69, 9.17) is 9.72 Å². The minimum absolute atomic E-state index is 0.0359. The summed E-state index contributed by atoms with van der Waals surface area (Å²) in [5.74, 6) is 1.81. The van der Waals surface area contributed by atoms with Gasteiger partial charge in [0.15, 0.2) is 5.82 Å². The average Bonchev–Trinajstić information content (AvgIpc) is 3.29. The van der Waals surface area contributed by atoms with Crippen LogP contribution in [0.15, 0.2) is 48.8 Å². The highest BCUT2D eigenvalue weighted by atomic mass is 19.3. The third-order valence-corrected chi connectivity index (χ3v) is 5.86. The highest BCUT2D eigenvalue weighted by molar-refractivity contribution is 5.82. The Labute approximate surface area is 200 Å². The van der Waals surface area contributed by atoms with E-state index in [0.29, 0.717) is 30.4 Å². The van der Waals surface area contributed by atoms with Crippen molar-refractivity contribution in [3.8, 4) is 5.82 Å². The van der Waals surface area contributed by atoms with Crippen molar-refractivity contribution >= 4 is 28.4 Å². The summed E-state index contributed by atoms with van der Waals surface area (Å²) >= 11 is 0. The third kappa shape index (κ3) is 4.91. The number of aliphatic hydroxyl groups is 1. The normalized spacial score (nSPS) is 16.3. The number of hydrogen-bond donors (Lipinski definition) is 2. The molecule has 3 aromatic heterocycles. The molecule has 1 aliphatic rings. The van der Waals surface area contributed by atoms with Gasteiger partial charge in [-0.25, -0.2) is 18.7 Å². The van der Waals surface area contributed by atoms with Gasteiger partial charge in [0, 0.05) is 18.8 Å². The molecule has 2 N–H and O–H groups in total. The van der Waals surface area contributed by atoms with Crippen LogP contribution in [0.2, 0.25) is 0 Å². The average molecular weight is 482 g/mol. The van der Waals surface area contributed by atoms with E-state index in [1.54, 1.807) is 11.2 Å². The van der Waals surface area contributed by atoms with E-state index >= 15 is 0 Å². The molecule has 1 aromatic carbocycles. The molecule has 35 heavy (non-hydrogen) atoms. The molecule has 4 aromatic rings. The van der Waals surface area contributed by atoms with Crippen molar-refractivity contribution < 1.29 is 18.6 Å². The molecule has 11 heteroatoms. The second kappa shape index (κ2) is 9.88. The van der Waals surface area contributed by atoms with Crippen molar-refractivity contribution in [1.29, 1.82) is 0 Å². The van der Waals surface area contributed by atoms with Crippen LogP contribution in [0.1, 0.15) is 11.3 Å². The van der Waals surface area contributed by atoms with Crippen LogP contribution in [0.25, 0.3) is 16.9 Å². The van der Waals surface area contributed by atoms with Crippen LogP contribution in [0.3, 0.4) is 0 Å². The van der Waals surface area contributed by atoms with Gasteiger partial charge in [0.05, 0.1) is 29.9 Å². The van der Waals surface area contributed by atoms with Crippen molar-refractivity contribution in [2.75, 3.05) is 36.5 Å². The summed E-state index contributed by atoms with van der Waals surface area (Å²) in [6, 6.07) is 13.2. The quantitative estimate of drug-likeness (QED) is 0.415. The molecule has 0 saturated carbocycles. The number of morpholine rings is 1. The Hall–Kier alpha value is -3.70. The Morgan fingerprint density at radius 3 is 2.83 bits per heavy atom. The molecule has 0 bridgehead atoms. The highest BCUT2D eigenvalue weighted by Gasteiger charge is 2.29. The van der Waals surface area contributed by atoms with Crippen molar-refractivity contribution in [3.05, 3.63) is 60.0 Å². The van der Waals surface area contributed by atoms with Crippen molar-refractivity contribution in [3.63, 3.8) is 0 Å². The van der Waals surface area contributed by atoms with E-state index in [1.807, 2.05) is 54.0 Å². The fourth-order valence-electron chi connectivity index (χ4n) is 4.10. The number of anilines is 3. The maximum absolute atomic E-state index is 13.3. The number of hydrogen-bond acceptors (Lipinski definition) is 8. The Morgan fingerprint density at radius 1 is 1.17 bits per heavy atom. The number of ether oxygens (including phenoxy) is 1. The van der Waals surface area contributed by atoms with Crippen molar-refractivity contribution in [1.82, 2.24) is 24.7 Å². The van der Waals surface area contributed by atoms with Crippen LogP contribution < -0.4 is 10.2 Å². The molecule has 0 radical (unpaired) electrons. The lowest BCUT2D eigenvalue weighted by Gasteiger charge is -2.34. The number of aromatic nitrogens is 5. The van der Waals surface area contributed by atoms with Crippen LogP contribution in [-0.4, -0.2) is 68.7 Å². The molecule has 0 unspecified atom stereocenters. The number of alkyl halides is 2. The van der Waals surface area contributed by atoms with Gasteiger partial charge in [0.25, 0.3) is 6.43 Å². The van der Waals surface area contributed by atoms with Gasteiger partial charge in [-0.1, -0.05) is 6.07 Å². The van der Waals surface area contributed by atoms with Crippen LogP contribution in [0.5, 0.6) is 0 Å². The molecule has 1 fully saturated rings. The third-order valence-electron chi connectivity index (χ3n) is 5.86. The first-order valence-electron chi connectivity index (χ1n) is 11.3. The van der Waals surface area contributed by atoms with E-state index in [-0.39, 0.29) is 19.8 Å². The van der Waals surface area contributed by atoms with Crippen LogP contribution in [0.4, 0.5) is 26.1 Å². The van der Waals surface area contributed by atoms with Gasteiger partial charge < -0.3 is 20.1 Å². The highest BCUT2D eigenvalue weighted by Crippen LogP contribution is 2.27. The first-order valence-corrected chi connectivity index (χ1v) is 11.3. The number of rotatable bonds is 7. The lowest BCUT2D eigenvalue weighted by Crippen LogP contribution is -2.46. The SMILES string of the molecule is Cc1ccc(Nc2ccc3c(c2)ncn3-c2ccc(CCO)c(N3CCO[C@H](C(F)F)C3)n2)nn1. The van der Waals surface area contributed by atoms with Crippen LogP contribution in [0, 0.1) is 6.92 Å². The topological polar surface area (TPSA) is 101 Å². The number of aryl methyl sites for hydroxylation is 1. The summed E-state index contributed by atoms with van der Waals surface area (Å²) in [6.07, 6.45) is -1.69. The van der Waals surface area contributed by atoms with Gasteiger partial charge in [-0.05, 0) is 55.3 Å². The Kier molecular flexibility index (Phi) is 6.51. The molecule has 5 rings (SSSR count). The van der Waals surface area contributed by atoms with E-state index in [0.717, 1.165) is 28.0 Å². The number of nitrogens with one attached hydrogen (secondary N) is 1. The number of pyridine rings is 1. The second-order valence-corrected chi connectivity index (χ2v) is 8.32. The number of aliphatic hydroxyl groups excluding tert-OH is 1. The summed E-state index contributed by atoms with van der Waals surface area (Å²) in [7, 11) is 0. The number of halogens is 2. The van der Waals surface area contributed by atoms with E-state index < -0.39 is 12.5 Å². The van der Waals surface area contributed by atoms with E-state index in [9.17, 15) is 13.9 Å². The largest absolute Gasteiger partial charge is 0.396 e. The van der Waals surface area contributed by atoms with Crippen molar-refractivity contribution in [2.45, 2.75) is 25.9 Å². The van der Waals surface area contributed by atoms with Gasteiger partial charge >= 0.3 is 0 Å².